The average molecular weight is 292 g/mol. The summed E-state index contributed by atoms with van der Waals surface area (Å²) in [4.78, 5) is 14.8. The van der Waals surface area contributed by atoms with Crippen LogP contribution in [0.15, 0.2) is 30.3 Å². The number of nitrogens with zero attached hydrogens (tertiary/aromatic N) is 1. The number of carbonyl (C=O) groups is 1. The number of amides is 1. The predicted octanol–water partition coefficient (Wildman–Crippen LogP) is 2.95. The molecule has 0 radical (unpaired) electrons. The van der Waals surface area contributed by atoms with Crippen molar-refractivity contribution in [2.45, 2.75) is 33.1 Å². The highest BCUT2D eigenvalue weighted by atomic mass is 32.1. The molecule has 0 heterocycles. The Hall–Kier alpha value is -1.42. The lowest BCUT2D eigenvalue weighted by Crippen LogP contribution is -2.41. The Morgan fingerprint density at radius 2 is 1.90 bits per heavy atom. The third-order valence-corrected chi connectivity index (χ3v) is 3.82. The Balaban J connectivity index is 2.96. The summed E-state index contributed by atoms with van der Waals surface area (Å²) in [7, 11) is 0. The Morgan fingerprint density at radius 3 is 2.35 bits per heavy atom. The van der Waals surface area contributed by atoms with Crippen LogP contribution >= 0.6 is 12.2 Å². The van der Waals surface area contributed by atoms with Crippen LogP contribution in [0.1, 0.15) is 38.7 Å². The van der Waals surface area contributed by atoms with Crippen LogP contribution in [-0.4, -0.2) is 28.9 Å². The molecule has 20 heavy (non-hydrogen) atoms. The monoisotopic (exact) mass is 292 g/mol. The van der Waals surface area contributed by atoms with Gasteiger partial charge in [0.15, 0.2) is 0 Å². The standard InChI is InChI=1S/C16H24N2OS/c1-4-12(3)11-18(5-2)16(19)14(15(17)20)13-9-7-6-8-10-13/h6-10,12,14H,4-5,11H2,1-3H3,(H2,17,20). The highest BCUT2D eigenvalue weighted by Gasteiger charge is 2.28. The van der Waals surface area contributed by atoms with E-state index in [0.717, 1.165) is 18.5 Å². The van der Waals surface area contributed by atoms with E-state index >= 15 is 0 Å². The first-order valence-electron chi connectivity index (χ1n) is 7.14. The fraction of sp³-hybridized carbons (Fsp3) is 0.500. The van der Waals surface area contributed by atoms with Crippen molar-refractivity contribution in [3.8, 4) is 0 Å². The quantitative estimate of drug-likeness (QED) is 0.786. The second-order valence-electron chi connectivity index (χ2n) is 5.14. The van der Waals surface area contributed by atoms with Crippen molar-refractivity contribution >= 4 is 23.1 Å². The lowest BCUT2D eigenvalue weighted by molar-refractivity contribution is -0.131. The number of hydrogen-bond donors (Lipinski definition) is 1. The van der Waals surface area contributed by atoms with E-state index in [1.807, 2.05) is 42.2 Å². The van der Waals surface area contributed by atoms with Gasteiger partial charge in [0, 0.05) is 13.1 Å². The van der Waals surface area contributed by atoms with Gasteiger partial charge in [-0.1, -0.05) is 62.8 Å². The van der Waals surface area contributed by atoms with Gasteiger partial charge in [-0.15, -0.1) is 0 Å². The van der Waals surface area contributed by atoms with Crippen LogP contribution in [0.5, 0.6) is 0 Å². The van der Waals surface area contributed by atoms with Gasteiger partial charge in [0.2, 0.25) is 5.91 Å². The maximum atomic E-state index is 12.7. The molecule has 0 aliphatic heterocycles. The number of nitrogens with two attached hydrogens (primary N) is 1. The smallest absolute Gasteiger partial charge is 0.236 e. The van der Waals surface area contributed by atoms with E-state index in [2.05, 4.69) is 13.8 Å². The summed E-state index contributed by atoms with van der Waals surface area (Å²) >= 11 is 5.11. The van der Waals surface area contributed by atoms with Gasteiger partial charge in [0.1, 0.15) is 5.92 Å². The first-order chi connectivity index (χ1) is 9.51. The van der Waals surface area contributed by atoms with Gasteiger partial charge in [0.05, 0.1) is 4.99 Å². The summed E-state index contributed by atoms with van der Waals surface area (Å²) in [6.07, 6.45) is 1.05. The van der Waals surface area contributed by atoms with Crippen LogP contribution < -0.4 is 5.73 Å². The molecule has 1 aromatic rings. The minimum absolute atomic E-state index is 0.00602. The summed E-state index contributed by atoms with van der Waals surface area (Å²) in [6.45, 7) is 7.69. The zero-order valence-corrected chi connectivity index (χ0v) is 13.3. The van der Waals surface area contributed by atoms with E-state index in [1.165, 1.54) is 0 Å². The molecule has 4 heteroatoms. The summed E-state index contributed by atoms with van der Waals surface area (Å²) in [5.41, 5.74) is 6.68. The molecule has 2 N–H and O–H groups in total. The minimum Gasteiger partial charge on any atom is -0.392 e. The van der Waals surface area contributed by atoms with Crippen LogP contribution in [0.2, 0.25) is 0 Å². The largest absolute Gasteiger partial charge is 0.392 e. The third kappa shape index (κ3) is 4.30. The summed E-state index contributed by atoms with van der Waals surface area (Å²) < 4.78 is 0. The van der Waals surface area contributed by atoms with Gasteiger partial charge < -0.3 is 10.6 Å². The zero-order valence-electron chi connectivity index (χ0n) is 12.5. The molecule has 2 atom stereocenters. The Labute approximate surface area is 127 Å². The molecule has 3 nitrogen and oxygen atoms in total. The fourth-order valence-electron chi connectivity index (χ4n) is 2.14. The molecule has 1 amide bonds. The van der Waals surface area contributed by atoms with Gasteiger partial charge in [-0.3, -0.25) is 4.79 Å². The second kappa shape index (κ2) is 8.00. The van der Waals surface area contributed by atoms with E-state index in [4.69, 9.17) is 18.0 Å². The van der Waals surface area contributed by atoms with Crippen molar-refractivity contribution in [3.63, 3.8) is 0 Å². The van der Waals surface area contributed by atoms with E-state index in [1.54, 1.807) is 0 Å². The number of rotatable bonds is 7. The lowest BCUT2D eigenvalue weighted by atomic mass is 9.97. The topological polar surface area (TPSA) is 46.3 Å². The Bertz CT molecular complexity index is 447. The molecule has 0 aliphatic rings. The van der Waals surface area contributed by atoms with E-state index < -0.39 is 5.92 Å². The first-order valence-corrected chi connectivity index (χ1v) is 7.55. The molecule has 0 aliphatic carbocycles. The van der Waals surface area contributed by atoms with Crippen molar-refractivity contribution in [1.82, 2.24) is 4.90 Å². The summed E-state index contributed by atoms with van der Waals surface area (Å²) in [6, 6.07) is 9.52. The molecule has 110 valence electrons. The molecule has 0 fully saturated rings. The van der Waals surface area contributed by atoms with Crippen molar-refractivity contribution in [2.75, 3.05) is 13.1 Å². The average Bonchev–Trinajstić information content (AvgIpc) is 2.45. The lowest BCUT2D eigenvalue weighted by Gasteiger charge is -2.28. The summed E-state index contributed by atoms with van der Waals surface area (Å²) in [5, 5.41) is 0. The van der Waals surface area contributed by atoms with E-state index in [-0.39, 0.29) is 10.9 Å². The highest BCUT2D eigenvalue weighted by Crippen LogP contribution is 2.20. The maximum absolute atomic E-state index is 12.7. The van der Waals surface area contributed by atoms with E-state index in [0.29, 0.717) is 12.5 Å². The highest BCUT2D eigenvalue weighted by molar-refractivity contribution is 7.80. The number of likely N-dealkylation sites (N-methyl/N-ethyl adjacent to an activating group) is 1. The predicted molar refractivity (Wildman–Crippen MR) is 87.7 cm³/mol. The van der Waals surface area contributed by atoms with Gasteiger partial charge in [-0.05, 0) is 18.4 Å². The van der Waals surface area contributed by atoms with Crippen LogP contribution in [0.25, 0.3) is 0 Å². The fourth-order valence-corrected chi connectivity index (χ4v) is 2.37. The van der Waals surface area contributed by atoms with Crippen molar-refractivity contribution in [3.05, 3.63) is 35.9 Å². The molecule has 2 unspecified atom stereocenters. The van der Waals surface area contributed by atoms with Gasteiger partial charge in [0.25, 0.3) is 0 Å². The van der Waals surface area contributed by atoms with Gasteiger partial charge >= 0.3 is 0 Å². The van der Waals surface area contributed by atoms with Crippen LogP contribution in [0, 0.1) is 5.92 Å². The molecule has 1 aromatic carbocycles. The molecular formula is C16H24N2OS. The van der Waals surface area contributed by atoms with Crippen LogP contribution in [-0.2, 0) is 4.79 Å². The molecule has 0 spiro atoms. The van der Waals surface area contributed by atoms with Crippen molar-refractivity contribution in [2.24, 2.45) is 11.7 Å². The Morgan fingerprint density at radius 1 is 1.30 bits per heavy atom. The molecule has 0 aromatic heterocycles. The number of benzene rings is 1. The molecule has 0 saturated carbocycles. The Kier molecular flexibility index (Phi) is 6.65. The van der Waals surface area contributed by atoms with Crippen LogP contribution in [0.4, 0.5) is 0 Å². The summed E-state index contributed by atoms with van der Waals surface area (Å²) in [5.74, 6) is -0.0385. The van der Waals surface area contributed by atoms with Crippen molar-refractivity contribution < 1.29 is 4.79 Å². The molecule has 0 saturated heterocycles. The number of hydrogen-bond acceptors (Lipinski definition) is 2. The maximum Gasteiger partial charge on any atom is 0.236 e. The zero-order chi connectivity index (χ0) is 15.1. The molecular weight excluding hydrogens is 268 g/mol. The van der Waals surface area contributed by atoms with Crippen molar-refractivity contribution in [1.29, 1.82) is 0 Å². The normalized spacial score (nSPS) is 13.6. The van der Waals surface area contributed by atoms with Gasteiger partial charge in [-0.2, -0.15) is 0 Å². The minimum atomic E-state index is -0.518. The number of carbonyl (C=O) groups excluding carboxylic acids is 1. The van der Waals surface area contributed by atoms with Gasteiger partial charge in [-0.25, -0.2) is 0 Å². The van der Waals surface area contributed by atoms with E-state index in [9.17, 15) is 4.79 Å². The van der Waals surface area contributed by atoms with Crippen LogP contribution in [0.3, 0.4) is 0 Å². The SMILES string of the molecule is CCC(C)CN(CC)C(=O)C(C(N)=S)c1ccccc1. The second-order valence-corrected chi connectivity index (χ2v) is 5.61. The third-order valence-electron chi connectivity index (χ3n) is 3.59. The molecule has 1 rings (SSSR count). The molecule has 0 bridgehead atoms. The number of thiocarbonyl (C=S) groups is 1. The first kappa shape index (κ1) is 16.6.